The molecule has 0 bridgehead atoms. The molecule has 156 valence electrons. The molecule has 3 rings (SSSR count). The lowest BCUT2D eigenvalue weighted by molar-refractivity contribution is 0.0600. The standard InChI is InChI=1S/C25H27NO4/c1-17(18-9-6-5-7-10-18)26-24(19-11-8-12-21(15-19)25(27)30-4)20-13-14-22(28-2)23(16-20)29-3/h5-17,24,26H,1-4H3/t17-,24?/m1/s1. The van der Waals surface area contributed by atoms with Crippen LogP contribution in [0.3, 0.4) is 0 Å². The van der Waals surface area contributed by atoms with Gasteiger partial charge in [-0.1, -0.05) is 48.5 Å². The zero-order valence-corrected chi connectivity index (χ0v) is 17.7. The first-order valence-electron chi connectivity index (χ1n) is 9.78. The van der Waals surface area contributed by atoms with Crippen LogP contribution in [0.5, 0.6) is 11.5 Å². The zero-order chi connectivity index (χ0) is 21.5. The Morgan fingerprint density at radius 2 is 1.43 bits per heavy atom. The van der Waals surface area contributed by atoms with Crippen LogP contribution in [0.15, 0.2) is 72.8 Å². The number of methoxy groups -OCH3 is 3. The molecule has 0 aliphatic carbocycles. The van der Waals surface area contributed by atoms with Crippen molar-refractivity contribution in [2.45, 2.75) is 19.0 Å². The predicted octanol–water partition coefficient (Wildman–Crippen LogP) is 4.93. The molecular weight excluding hydrogens is 378 g/mol. The van der Waals surface area contributed by atoms with Gasteiger partial charge >= 0.3 is 5.97 Å². The Labute approximate surface area is 177 Å². The van der Waals surface area contributed by atoms with Crippen LogP contribution in [0.25, 0.3) is 0 Å². The molecule has 0 aliphatic heterocycles. The van der Waals surface area contributed by atoms with Crippen LogP contribution in [0.4, 0.5) is 0 Å². The Morgan fingerprint density at radius 3 is 2.10 bits per heavy atom. The molecule has 1 N–H and O–H groups in total. The van der Waals surface area contributed by atoms with Gasteiger partial charge < -0.3 is 14.2 Å². The summed E-state index contributed by atoms with van der Waals surface area (Å²) >= 11 is 0. The van der Waals surface area contributed by atoms with Gasteiger partial charge in [0.2, 0.25) is 0 Å². The van der Waals surface area contributed by atoms with Gasteiger partial charge in [-0.2, -0.15) is 0 Å². The van der Waals surface area contributed by atoms with Crippen LogP contribution in [0.2, 0.25) is 0 Å². The number of carbonyl (C=O) groups is 1. The van der Waals surface area contributed by atoms with Gasteiger partial charge in [0.15, 0.2) is 11.5 Å². The lowest BCUT2D eigenvalue weighted by atomic mass is 9.95. The van der Waals surface area contributed by atoms with E-state index in [1.54, 1.807) is 20.3 Å². The Balaban J connectivity index is 2.04. The molecule has 0 heterocycles. The number of nitrogens with one attached hydrogen (secondary N) is 1. The van der Waals surface area contributed by atoms with E-state index in [2.05, 4.69) is 24.4 Å². The highest BCUT2D eigenvalue weighted by Crippen LogP contribution is 2.34. The SMILES string of the molecule is COC(=O)c1cccc(C(N[C@H](C)c2ccccc2)c2ccc(OC)c(OC)c2)c1. The maximum Gasteiger partial charge on any atom is 0.337 e. The molecule has 1 unspecified atom stereocenters. The maximum absolute atomic E-state index is 12.1. The van der Waals surface area contributed by atoms with Gasteiger partial charge in [-0.3, -0.25) is 5.32 Å². The van der Waals surface area contributed by atoms with Crippen molar-refractivity contribution in [1.82, 2.24) is 5.32 Å². The van der Waals surface area contributed by atoms with Crippen molar-refractivity contribution in [1.29, 1.82) is 0 Å². The number of benzene rings is 3. The molecule has 0 amide bonds. The normalized spacial score (nSPS) is 12.7. The van der Waals surface area contributed by atoms with E-state index in [0.29, 0.717) is 17.1 Å². The van der Waals surface area contributed by atoms with Crippen LogP contribution in [0.1, 0.15) is 46.1 Å². The Morgan fingerprint density at radius 1 is 0.767 bits per heavy atom. The van der Waals surface area contributed by atoms with Crippen LogP contribution in [-0.2, 0) is 4.74 Å². The van der Waals surface area contributed by atoms with E-state index in [1.807, 2.05) is 54.6 Å². The van der Waals surface area contributed by atoms with Crippen molar-refractivity contribution < 1.29 is 19.0 Å². The molecule has 0 fully saturated rings. The quantitative estimate of drug-likeness (QED) is 0.539. The second-order valence-corrected chi connectivity index (χ2v) is 6.96. The van der Waals surface area contributed by atoms with Gasteiger partial charge in [0.05, 0.1) is 32.9 Å². The van der Waals surface area contributed by atoms with Gasteiger partial charge in [-0.15, -0.1) is 0 Å². The molecule has 5 nitrogen and oxygen atoms in total. The van der Waals surface area contributed by atoms with Gasteiger partial charge in [0.1, 0.15) is 0 Å². The van der Waals surface area contributed by atoms with Crippen LogP contribution in [-0.4, -0.2) is 27.3 Å². The summed E-state index contributed by atoms with van der Waals surface area (Å²) in [6.45, 7) is 2.12. The maximum atomic E-state index is 12.1. The van der Waals surface area contributed by atoms with Gasteiger partial charge in [0, 0.05) is 6.04 Å². The third-order valence-corrected chi connectivity index (χ3v) is 5.10. The van der Waals surface area contributed by atoms with Gasteiger partial charge in [0.25, 0.3) is 0 Å². The first kappa shape index (κ1) is 21.4. The highest BCUT2D eigenvalue weighted by Gasteiger charge is 2.20. The van der Waals surface area contributed by atoms with Crippen molar-refractivity contribution >= 4 is 5.97 Å². The van der Waals surface area contributed by atoms with Crippen LogP contribution >= 0.6 is 0 Å². The highest BCUT2D eigenvalue weighted by atomic mass is 16.5. The molecule has 0 aliphatic rings. The fraction of sp³-hybridized carbons (Fsp3) is 0.240. The first-order chi connectivity index (χ1) is 14.6. The van der Waals surface area contributed by atoms with Crippen LogP contribution in [0, 0.1) is 0 Å². The summed E-state index contributed by atoms with van der Waals surface area (Å²) in [6, 6.07) is 23.5. The minimum absolute atomic E-state index is 0.0751. The third-order valence-electron chi connectivity index (χ3n) is 5.10. The molecule has 5 heteroatoms. The van der Waals surface area contributed by atoms with E-state index >= 15 is 0 Å². The van der Waals surface area contributed by atoms with E-state index in [4.69, 9.17) is 14.2 Å². The Bertz CT molecular complexity index is 987. The number of esters is 1. The van der Waals surface area contributed by atoms with E-state index in [0.717, 1.165) is 11.1 Å². The van der Waals surface area contributed by atoms with Crippen molar-refractivity contribution in [3.8, 4) is 11.5 Å². The van der Waals surface area contributed by atoms with Crippen molar-refractivity contribution in [2.24, 2.45) is 0 Å². The smallest absolute Gasteiger partial charge is 0.337 e. The van der Waals surface area contributed by atoms with Gasteiger partial charge in [-0.25, -0.2) is 4.79 Å². The molecular formula is C25H27NO4. The lowest BCUT2D eigenvalue weighted by Gasteiger charge is -2.26. The molecule has 0 saturated carbocycles. The third kappa shape index (κ3) is 4.81. The van der Waals surface area contributed by atoms with Crippen molar-refractivity contribution in [3.05, 3.63) is 95.1 Å². The number of ether oxygens (including phenoxy) is 3. The highest BCUT2D eigenvalue weighted by molar-refractivity contribution is 5.89. The number of hydrogen-bond acceptors (Lipinski definition) is 5. The van der Waals surface area contributed by atoms with Crippen molar-refractivity contribution in [3.63, 3.8) is 0 Å². The van der Waals surface area contributed by atoms with E-state index in [9.17, 15) is 4.79 Å². The minimum atomic E-state index is -0.362. The van der Waals surface area contributed by atoms with E-state index < -0.39 is 0 Å². The summed E-state index contributed by atoms with van der Waals surface area (Å²) in [6.07, 6.45) is 0. The lowest BCUT2D eigenvalue weighted by Crippen LogP contribution is -2.26. The Hall–Kier alpha value is -3.31. The predicted molar refractivity (Wildman–Crippen MR) is 117 cm³/mol. The van der Waals surface area contributed by atoms with Gasteiger partial charge in [-0.05, 0) is 47.9 Å². The summed E-state index contributed by atoms with van der Waals surface area (Å²) in [5, 5.41) is 3.69. The fourth-order valence-corrected chi connectivity index (χ4v) is 3.47. The molecule has 3 aromatic carbocycles. The number of rotatable bonds is 8. The zero-order valence-electron chi connectivity index (χ0n) is 17.7. The van der Waals surface area contributed by atoms with Crippen molar-refractivity contribution in [2.75, 3.05) is 21.3 Å². The molecule has 0 saturated heterocycles. The monoisotopic (exact) mass is 405 g/mol. The molecule has 0 spiro atoms. The summed E-state index contributed by atoms with van der Waals surface area (Å²) < 4.78 is 15.8. The number of hydrogen-bond donors (Lipinski definition) is 1. The largest absolute Gasteiger partial charge is 0.493 e. The molecule has 2 atom stereocenters. The second kappa shape index (κ2) is 9.94. The van der Waals surface area contributed by atoms with E-state index in [1.165, 1.54) is 12.7 Å². The second-order valence-electron chi connectivity index (χ2n) is 6.96. The topological polar surface area (TPSA) is 56.8 Å². The number of carbonyl (C=O) groups excluding carboxylic acids is 1. The summed E-state index contributed by atoms with van der Waals surface area (Å²) in [5.41, 5.74) is 3.63. The van der Waals surface area contributed by atoms with Crippen LogP contribution < -0.4 is 14.8 Å². The summed E-state index contributed by atoms with van der Waals surface area (Å²) in [5.74, 6) is 0.955. The molecule has 3 aromatic rings. The molecule has 0 aromatic heterocycles. The average Bonchev–Trinajstić information content (AvgIpc) is 2.82. The fourth-order valence-electron chi connectivity index (χ4n) is 3.47. The molecule has 0 radical (unpaired) electrons. The molecule has 30 heavy (non-hydrogen) atoms. The summed E-state index contributed by atoms with van der Waals surface area (Å²) in [7, 11) is 4.62. The Kier molecular flexibility index (Phi) is 7.09. The minimum Gasteiger partial charge on any atom is -0.493 e. The summed E-state index contributed by atoms with van der Waals surface area (Å²) in [4.78, 5) is 12.1. The van der Waals surface area contributed by atoms with E-state index in [-0.39, 0.29) is 18.1 Å². The first-order valence-corrected chi connectivity index (χ1v) is 9.78. The average molecular weight is 405 g/mol.